The highest BCUT2D eigenvalue weighted by Crippen LogP contribution is 2.06. The highest BCUT2D eigenvalue weighted by atomic mass is 16.5. The van der Waals surface area contributed by atoms with Gasteiger partial charge in [-0.25, -0.2) is 9.59 Å². The summed E-state index contributed by atoms with van der Waals surface area (Å²) >= 11 is 0. The molecule has 2 atom stereocenters. The van der Waals surface area contributed by atoms with Gasteiger partial charge < -0.3 is 20.5 Å². The number of urea groups is 1. The first-order chi connectivity index (χ1) is 10.1. The van der Waals surface area contributed by atoms with Crippen LogP contribution in [0.4, 0.5) is 4.79 Å². The molecule has 2 amide bonds. The summed E-state index contributed by atoms with van der Waals surface area (Å²) in [7, 11) is 0. The zero-order chi connectivity index (χ0) is 15.1. The van der Waals surface area contributed by atoms with Crippen LogP contribution < -0.4 is 10.6 Å². The van der Waals surface area contributed by atoms with Crippen LogP contribution >= 0.6 is 0 Å². The number of amides is 2. The Morgan fingerprint density at radius 1 is 1.33 bits per heavy atom. The maximum absolute atomic E-state index is 11.8. The first-order valence-electron chi connectivity index (χ1n) is 7.06. The molecule has 6 nitrogen and oxygen atoms in total. The van der Waals surface area contributed by atoms with Crippen LogP contribution in [0.1, 0.15) is 18.4 Å². The van der Waals surface area contributed by atoms with Crippen molar-refractivity contribution >= 4 is 12.0 Å². The number of carboxylic acid groups (broad SMARTS) is 1. The molecule has 1 aliphatic heterocycles. The average Bonchev–Trinajstić information content (AvgIpc) is 2.97. The molecular weight excluding hydrogens is 272 g/mol. The summed E-state index contributed by atoms with van der Waals surface area (Å²) < 4.78 is 5.16. The number of hydrogen-bond acceptors (Lipinski definition) is 3. The van der Waals surface area contributed by atoms with Gasteiger partial charge in [-0.15, -0.1) is 0 Å². The highest BCUT2D eigenvalue weighted by molar-refractivity contribution is 5.82. The Hall–Kier alpha value is -2.08. The van der Waals surface area contributed by atoms with Crippen molar-refractivity contribution in [1.29, 1.82) is 0 Å². The fourth-order valence-electron chi connectivity index (χ4n) is 2.25. The van der Waals surface area contributed by atoms with E-state index in [9.17, 15) is 14.7 Å². The average molecular weight is 292 g/mol. The zero-order valence-electron chi connectivity index (χ0n) is 11.7. The number of aliphatic carboxylic acids is 1. The van der Waals surface area contributed by atoms with Gasteiger partial charge >= 0.3 is 12.0 Å². The van der Waals surface area contributed by atoms with Crippen LogP contribution in [0.15, 0.2) is 30.3 Å². The third-order valence-corrected chi connectivity index (χ3v) is 3.43. The van der Waals surface area contributed by atoms with Gasteiger partial charge in [-0.3, -0.25) is 0 Å². The molecule has 3 N–H and O–H groups in total. The van der Waals surface area contributed by atoms with E-state index in [1.165, 1.54) is 0 Å². The highest BCUT2D eigenvalue weighted by Gasteiger charge is 2.22. The van der Waals surface area contributed by atoms with Crippen LogP contribution in [0.2, 0.25) is 0 Å². The Morgan fingerprint density at radius 3 is 2.71 bits per heavy atom. The maximum atomic E-state index is 11.8. The summed E-state index contributed by atoms with van der Waals surface area (Å²) in [5, 5.41) is 14.4. The van der Waals surface area contributed by atoms with Gasteiger partial charge in [-0.2, -0.15) is 0 Å². The molecule has 1 aliphatic rings. The lowest BCUT2D eigenvalue weighted by Gasteiger charge is -2.17. The molecule has 2 rings (SSSR count). The predicted octanol–water partition coefficient (Wildman–Crippen LogP) is 1.16. The number of hydrogen-bond donors (Lipinski definition) is 3. The van der Waals surface area contributed by atoms with Crippen LogP contribution in [-0.4, -0.2) is 42.4 Å². The van der Waals surface area contributed by atoms with Crippen molar-refractivity contribution in [3.05, 3.63) is 35.9 Å². The number of nitrogens with one attached hydrogen (secondary N) is 2. The van der Waals surface area contributed by atoms with Gasteiger partial charge in [0, 0.05) is 6.61 Å². The molecule has 1 saturated heterocycles. The van der Waals surface area contributed by atoms with Gasteiger partial charge in [0.15, 0.2) is 0 Å². The molecule has 1 aromatic carbocycles. The molecule has 6 heteroatoms. The van der Waals surface area contributed by atoms with Crippen LogP contribution in [0.3, 0.4) is 0 Å². The summed E-state index contributed by atoms with van der Waals surface area (Å²) in [5.74, 6) is -1.02. The molecule has 2 unspecified atom stereocenters. The Morgan fingerprint density at radius 2 is 2.10 bits per heavy atom. The summed E-state index contributed by atoms with van der Waals surface area (Å²) in [6.07, 6.45) is 1.72. The number of carbonyl (C=O) groups is 2. The second-order valence-electron chi connectivity index (χ2n) is 5.09. The molecule has 21 heavy (non-hydrogen) atoms. The standard InChI is InChI=1S/C15H20N2O4/c18-14(19)13(7-6-11-4-2-1-3-5-11)17-15(20)16-12-8-9-21-10-12/h1-5,12-13H,6-10H2,(H,18,19)(H2,16,17,20). The summed E-state index contributed by atoms with van der Waals surface area (Å²) in [5.41, 5.74) is 1.05. The number of aryl methyl sites for hydroxylation is 1. The smallest absolute Gasteiger partial charge is 0.326 e. The van der Waals surface area contributed by atoms with Crippen molar-refractivity contribution in [3.63, 3.8) is 0 Å². The van der Waals surface area contributed by atoms with E-state index in [2.05, 4.69) is 10.6 Å². The van der Waals surface area contributed by atoms with Crippen molar-refractivity contribution in [2.45, 2.75) is 31.3 Å². The second kappa shape index (κ2) is 7.64. The van der Waals surface area contributed by atoms with E-state index >= 15 is 0 Å². The fourth-order valence-corrected chi connectivity index (χ4v) is 2.25. The molecule has 0 spiro atoms. The van der Waals surface area contributed by atoms with E-state index in [1.807, 2.05) is 30.3 Å². The third kappa shape index (κ3) is 5.07. The molecule has 1 heterocycles. The van der Waals surface area contributed by atoms with Gasteiger partial charge in [-0.05, 0) is 24.8 Å². The number of benzene rings is 1. The Labute approximate surface area is 123 Å². The number of ether oxygens (including phenoxy) is 1. The molecule has 1 fully saturated rings. The van der Waals surface area contributed by atoms with Crippen molar-refractivity contribution in [2.24, 2.45) is 0 Å². The normalized spacial score (nSPS) is 19.0. The maximum Gasteiger partial charge on any atom is 0.326 e. The number of carboxylic acids is 1. The molecule has 0 saturated carbocycles. The van der Waals surface area contributed by atoms with E-state index in [4.69, 9.17) is 4.74 Å². The predicted molar refractivity (Wildman–Crippen MR) is 77.1 cm³/mol. The minimum absolute atomic E-state index is 0.0337. The Bertz CT molecular complexity index is 472. The van der Waals surface area contributed by atoms with Crippen LogP contribution in [0.25, 0.3) is 0 Å². The minimum atomic E-state index is -1.02. The van der Waals surface area contributed by atoms with Crippen molar-refractivity contribution < 1.29 is 19.4 Å². The monoisotopic (exact) mass is 292 g/mol. The first kappa shape index (κ1) is 15.3. The molecule has 1 aromatic rings. The van der Waals surface area contributed by atoms with Gasteiger partial charge in [0.25, 0.3) is 0 Å². The van der Waals surface area contributed by atoms with Crippen LogP contribution in [0.5, 0.6) is 0 Å². The second-order valence-corrected chi connectivity index (χ2v) is 5.09. The lowest BCUT2D eigenvalue weighted by molar-refractivity contribution is -0.139. The van der Waals surface area contributed by atoms with Gasteiger partial charge in [0.2, 0.25) is 0 Å². The summed E-state index contributed by atoms with van der Waals surface area (Å²) in [4.78, 5) is 23.0. The van der Waals surface area contributed by atoms with Crippen LogP contribution in [-0.2, 0) is 16.0 Å². The SMILES string of the molecule is O=C(NC1CCOC1)NC(CCc1ccccc1)C(=O)O. The lowest BCUT2D eigenvalue weighted by Crippen LogP contribution is -2.49. The van der Waals surface area contributed by atoms with E-state index in [0.29, 0.717) is 26.1 Å². The molecular formula is C15H20N2O4. The Kier molecular flexibility index (Phi) is 5.57. The van der Waals surface area contributed by atoms with E-state index in [0.717, 1.165) is 12.0 Å². The molecule has 0 aliphatic carbocycles. The topological polar surface area (TPSA) is 87.7 Å². The first-order valence-corrected chi connectivity index (χ1v) is 7.06. The van der Waals surface area contributed by atoms with E-state index in [-0.39, 0.29) is 6.04 Å². The van der Waals surface area contributed by atoms with E-state index in [1.54, 1.807) is 0 Å². The summed E-state index contributed by atoms with van der Waals surface area (Å²) in [6.45, 7) is 1.11. The van der Waals surface area contributed by atoms with Crippen molar-refractivity contribution in [1.82, 2.24) is 10.6 Å². The number of carbonyl (C=O) groups excluding carboxylic acids is 1. The van der Waals surface area contributed by atoms with Crippen molar-refractivity contribution in [2.75, 3.05) is 13.2 Å². The van der Waals surface area contributed by atoms with Crippen molar-refractivity contribution in [3.8, 4) is 0 Å². The fraction of sp³-hybridized carbons (Fsp3) is 0.467. The minimum Gasteiger partial charge on any atom is -0.480 e. The van der Waals surface area contributed by atoms with Gasteiger partial charge in [-0.1, -0.05) is 30.3 Å². The zero-order valence-corrected chi connectivity index (χ0v) is 11.7. The van der Waals surface area contributed by atoms with Gasteiger partial charge in [0.1, 0.15) is 6.04 Å². The summed E-state index contributed by atoms with van der Waals surface area (Å²) in [6, 6.07) is 8.22. The number of rotatable bonds is 6. The molecule has 0 aromatic heterocycles. The van der Waals surface area contributed by atoms with E-state index < -0.39 is 18.0 Å². The largest absolute Gasteiger partial charge is 0.480 e. The van der Waals surface area contributed by atoms with Gasteiger partial charge in [0.05, 0.1) is 12.6 Å². The van der Waals surface area contributed by atoms with Crippen LogP contribution in [0, 0.1) is 0 Å². The quantitative estimate of drug-likeness (QED) is 0.734. The molecule has 0 bridgehead atoms. The molecule has 114 valence electrons. The molecule has 0 radical (unpaired) electrons. The third-order valence-electron chi connectivity index (χ3n) is 3.43. The Balaban J connectivity index is 1.81. The lowest BCUT2D eigenvalue weighted by atomic mass is 10.1.